The van der Waals surface area contributed by atoms with Gasteiger partial charge < -0.3 is 40.0 Å². The number of aryl methyl sites for hydroxylation is 1. The van der Waals surface area contributed by atoms with Gasteiger partial charge in [-0.05, 0) is 85.6 Å². The molecule has 3 fully saturated rings. The molecule has 4 aliphatic rings. The first-order valence-corrected chi connectivity index (χ1v) is 24.6. The van der Waals surface area contributed by atoms with Gasteiger partial charge in [-0.25, -0.2) is 23.1 Å². The third kappa shape index (κ3) is 10.8. The summed E-state index contributed by atoms with van der Waals surface area (Å²) < 4.78 is 93.0. The van der Waals surface area contributed by atoms with E-state index >= 15 is 0 Å². The molecule has 3 aliphatic heterocycles. The van der Waals surface area contributed by atoms with E-state index in [9.17, 15) is 56.1 Å². The number of imide groups is 1. The zero-order valence-corrected chi connectivity index (χ0v) is 41.5. The highest BCUT2D eigenvalue weighted by Gasteiger charge is 2.51. The summed E-state index contributed by atoms with van der Waals surface area (Å²) in [5.41, 5.74) is -0.312. The van der Waals surface area contributed by atoms with E-state index in [1.807, 2.05) is 0 Å². The number of amides is 5. The predicted molar refractivity (Wildman–Crippen MR) is 258 cm³/mol. The van der Waals surface area contributed by atoms with Crippen molar-refractivity contribution in [2.75, 3.05) is 18.5 Å². The second kappa shape index (κ2) is 21.2. The molecule has 6 aromatic rings. The van der Waals surface area contributed by atoms with Crippen molar-refractivity contribution in [3.05, 3.63) is 135 Å². The Morgan fingerprint density at radius 2 is 1.77 bits per heavy atom. The quantitative estimate of drug-likeness (QED) is 0.0506. The monoisotopic (exact) mass is 1110 g/mol. The van der Waals surface area contributed by atoms with Crippen molar-refractivity contribution in [3.8, 4) is 22.7 Å². The Morgan fingerprint density at radius 3 is 2.49 bits per heavy atom. The van der Waals surface area contributed by atoms with E-state index in [0.29, 0.717) is 35.4 Å². The van der Waals surface area contributed by atoms with Crippen LogP contribution in [0.15, 0.2) is 79.0 Å². The number of hydrogen-bond donors (Lipinski definition) is 5. The number of aliphatic hydroxyl groups is 2. The molecule has 0 bridgehead atoms. The van der Waals surface area contributed by atoms with E-state index in [0.717, 1.165) is 39.7 Å². The molecule has 20 nitrogen and oxygen atoms in total. The van der Waals surface area contributed by atoms with Crippen LogP contribution in [-0.4, -0.2) is 124 Å². The topological polar surface area (TPSA) is 254 Å². The van der Waals surface area contributed by atoms with E-state index in [1.165, 1.54) is 24.1 Å². The van der Waals surface area contributed by atoms with E-state index in [2.05, 4.69) is 36.3 Å². The first-order chi connectivity index (χ1) is 36.7. The Morgan fingerprint density at radius 1 is 1.00 bits per heavy atom. The highest BCUT2D eigenvalue weighted by atomic mass is 35.5. The molecule has 2 saturated heterocycles. The molecule has 10 rings (SSSR count). The Balaban J connectivity index is 0.823. The Kier molecular flexibility index (Phi) is 14.6. The number of aromatic nitrogens is 6. The number of fused-ring (bicyclic) bond motifs is 1. The summed E-state index contributed by atoms with van der Waals surface area (Å²) in [6.45, 7) is -0.0905. The Bertz CT molecular complexity index is 3310. The molecule has 5 amide bonds. The van der Waals surface area contributed by atoms with Crippen molar-refractivity contribution in [3.63, 3.8) is 0 Å². The van der Waals surface area contributed by atoms with Crippen LogP contribution >= 0.6 is 23.2 Å². The van der Waals surface area contributed by atoms with Gasteiger partial charge in [-0.1, -0.05) is 34.5 Å². The second-order valence-corrected chi connectivity index (χ2v) is 19.5. The van der Waals surface area contributed by atoms with Crippen LogP contribution in [0.2, 0.25) is 10.0 Å². The number of carbonyl (C=O) groups excluding carboxylic acids is 5. The molecule has 5 heterocycles. The summed E-state index contributed by atoms with van der Waals surface area (Å²) in [5.74, 6) is -4.67. The van der Waals surface area contributed by atoms with Crippen LogP contribution in [0, 0.1) is 18.6 Å². The van der Waals surface area contributed by atoms with Crippen molar-refractivity contribution in [1.29, 1.82) is 0 Å². The zero-order valence-electron chi connectivity index (χ0n) is 40.0. The van der Waals surface area contributed by atoms with Crippen LogP contribution in [0.4, 0.5) is 27.6 Å². The molecule has 0 radical (unpaired) electrons. The van der Waals surface area contributed by atoms with Crippen LogP contribution in [0.5, 0.6) is 5.75 Å². The molecule has 0 spiro atoms. The molecule has 1 unspecified atom stereocenters. The lowest BCUT2D eigenvalue weighted by atomic mass is 9.89. The number of hydrogen-bond acceptors (Lipinski definition) is 14. The molecule has 6 atom stereocenters. The van der Waals surface area contributed by atoms with Gasteiger partial charge in [0.05, 0.1) is 24.1 Å². The number of halogens is 7. The summed E-state index contributed by atoms with van der Waals surface area (Å²) in [6, 6.07) is 13.0. The molecule has 402 valence electrons. The van der Waals surface area contributed by atoms with E-state index in [4.69, 9.17) is 37.4 Å². The molecule has 1 saturated carbocycles. The highest BCUT2D eigenvalue weighted by molar-refractivity contribution is 6.31. The maximum absolute atomic E-state index is 14.6. The summed E-state index contributed by atoms with van der Waals surface area (Å²) in [6.07, 6.45) is -9.62. The number of rotatable bonds is 14. The smallest absolute Gasteiger partial charge is 0.418 e. The van der Waals surface area contributed by atoms with Gasteiger partial charge in [-0.15, -0.1) is 5.10 Å². The number of piperidine rings is 1. The van der Waals surface area contributed by atoms with Gasteiger partial charge in [0, 0.05) is 59.2 Å². The average Bonchev–Trinajstić information content (AvgIpc) is 4.17. The maximum Gasteiger partial charge on any atom is 0.418 e. The van der Waals surface area contributed by atoms with Gasteiger partial charge in [-0.2, -0.15) is 18.3 Å². The van der Waals surface area contributed by atoms with Crippen LogP contribution in [0.3, 0.4) is 0 Å². The molecule has 1 aliphatic carbocycles. The molecule has 27 heteroatoms. The molecule has 5 N–H and O–H groups in total. The van der Waals surface area contributed by atoms with Crippen LogP contribution in [0.25, 0.3) is 16.9 Å². The fourth-order valence-electron chi connectivity index (χ4n) is 9.74. The molecule has 4 aromatic carbocycles. The molecular formula is C50H43Cl2F5N10O10. The number of carbonyl (C=O) groups is 5. The predicted octanol–water partition coefficient (Wildman–Crippen LogP) is 5.60. The Hall–Kier alpha value is -7.42. The SMILES string of the molecule is Cc1nc([C@@H]2O[C@H](CO)[C@H](O)[C@H](n3cc(-c4cc(F)c(Cl)c(F)c4)nn3)[C@H]2OCC(=O)NC2CC(Oc3cccc(C(=O)Nc4ccc5c(c4)CN(C4CCC(=O)NC4=O)C5=O)c3)C2)n(-c2cc(Cl)ccc2C(F)(F)F)n1. The lowest BCUT2D eigenvalue weighted by molar-refractivity contribution is -0.223. The number of nitrogens with zero attached hydrogens (tertiary/aromatic N) is 7. The summed E-state index contributed by atoms with van der Waals surface area (Å²) in [4.78, 5) is 70.1. The summed E-state index contributed by atoms with van der Waals surface area (Å²) in [7, 11) is 0. The van der Waals surface area contributed by atoms with Crippen LogP contribution in [0.1, 0.15) is 81.3 Å². The first-order valence-electron chi connectivity index (χ1n) is 23.8. The number of nitrogens with one attached hydrogen (secondary N) is 3. The lowest BCUT2D eigenvalue weighted by Gasteiger charge is -2.43. The second-order valence-electron chi connectivity index (χ2n) is 18.7. The fraction of sp³-hybridized carbons (Fsp3) is 0.340. The Labute approximate surface area is 442 Å². The maximum atomic E-state index is 14.6. The number of alkyl halides is 3. The number of aliphatic hydroxyl groups excluding tert-OH is 2. The van der Waals surface area contributed by atoms with Gasteiger partial charge in [0.25, 0.3) is 11.8 Å². The van der Waals surface area contributed by atoms with E-state index < -0.39 is 120 Å². The fourth-order valence-corrected chi connectivity index (χ4v) is 10.0. The standard InChI is InChI=1S/C50H43Cl2F5N10O10/c1-22-58-46(67(63-22)37-15-26(51)5-8-32(37)50(55,56)57)45-44(42(43(71)38(20-68)77-45)66-19-35(62-64-66)24-13-33(53)41(52)34(54)14-24)75-21-40(70)59-28-16-30(17-28)76-29-4-2-3-23(12-29)47(72)60-27-6-7-31-25(11-27)18-65(49(31)74)36-9-10-39(69)61-48(36)73/h2-8,11-15,19,28,30,36,38,42-45,68,71H,9-10,16-18,20-21H2,1H3,(H,59,70)(H,60,72)(H,61,69,73)/t28?,30?,36?,38-,42+,43+,44-,45-/m1/s1. The zero-order chi connectivity index (χ0) is 54.6. The van der Waals surface area contributed by atoms with E-state index in [1.54, 1.807) is 36.4 Å². The number of anilines is 1. The number of ether oxygens (including phenoxy) is 3. The van der Waals surface area contributed by atoms with Crippen molar-refractivity contribution < 1.29 is 70.3 Å². The van der Waals surface area contributed by atoms with Gasteiger partial charge in [0.2, 0.25) is 17.7 Å². The number of benzene rings is 4. The lowest BCUT2D eigenvalue weighted by Crippen LogP contribution is -2.55. The van der Waals surface area contributed by atoms with Crippen LogP contribution in [-0.2, 0) is 36.6 Å². The minimum Gasteiger partial charge on any atom is -0.490 e. The third-order valence-corrected chi connectivity index (χ3v) is 14.1. The molecule has 77 heavy (non-hydrogen) atoms. The minimum absolute atomic E-state index is 0.0413. The van der Waals surface area contributed by atoms with Crippen molar-refractivity contribution >= 4 is 58.4 Å². The minimum atomic E-state index is -4.92. The average molecular weight is 1110 g/mol. The third-order valence-electron chi connectivity index (χ3n) is 13.5. The molecule has 2 aromatic heterocycles. The highest BCUT2D eigenvalue weighted by Crippen LogP contribution is 2.43. The van der Waals surface area contributed by atoms with Gasteiger partial charge >= 0.3 is 6.18 Å². The van der Waals surface area contributed by atoms with Crippen molar-refractivity contribution in [1.82, 2.24) is 45.3 Å². The first kappa shape index (κ1) is 53.0. The summed E-state index contributed by atoms with van der Waals surface area (Å²) in [5, 5.41) is 41.6. The van der Waals surface area contributed by atoms with Gasteiger partial charge in [-0.3, -0.25) is 29.3 Å². The largest absolute Gasteiger partial charge is 0.490 e. The molecular weight excluding hydrogens is 1070 g/mol. The van der Waals surface area contributed by atoms with Gasteiger partial charge in [0.1, 0.15) is 83.1 Å². The van der Waals surface area contributed by atoms with Crippen molar-refractivity contribution in [2.45, 2.75) is 94.0 Å². The normalized spacial score (nSPS) is 23.3. The van der Waals surface area contributed by atoms with Crippen LogP contribution < -0.4 is 20.7 Å². The van der Waals surface area contributed by atoms with Gasteiger partial charge in [0.15, 0.2) is 5.82 Å². The summed E-state index contributed by atoms with van der Waals surface area (Å²) >= 11 is 11.9. The van der Waals surface area contributed by atoms with E-state index in [-0.39, 0.29) is 58.8 Å². The van der Waals surface area contributed by atoms with Crippen molar-refractivity contribution in [2.24, 2.45) is 0 Å².